The van der Waals surface area contributed by atoms with Gasteiger partial charge in [0, 0.05) is 0 Å². The van der Waals surface area contributed by atoms with Crippen LogP contribution in [0.2, 0.25) is 0 Å². The van der Waals surface area contributed by atoms with Gasteiger partial charge in [0.25, 0.3) is 0 Å². The quantitative estimate of drug-likeness (QED) is 0.787. The van der Waals surface area contributed by atoms with E-state index in [-0.39, 0.29) is 12.2 Å². The molecule has 0 saturated heterocycles. The fourth-order valence-corrected chi connectivity index (χ4v) is 1.44. The van der Waals surface area contributed by atoms with Crippen molar-refractivity contribution in [2.24, 2.45) is 0 Å². The molecule has 0 saturated carbocycles. The number of hydrogen-bond donors (Lipinski definition) is 0. The van der Waals surface area contributed by atoms with Crippen LogP contribution in [-0.2, 0) is 4.74 Å². The summed E-state index contributed by atoms with van der Waals surface area (Å²) in [6.07, 6.45) is 1.08. The Kier molecular flexibility index (Phi) is 3.36. The van der Waals surface area contributed by atoms with Crippen molar-refractivity contribution >= 4 is 5.97 Å². The Morgan fingerprint density at radius 3 is 2.61 bits per heavy atom. The van der Waals surface area contributed by atoms with Crippen molar-refractivity contribution in [3.05, 3.63) is 47.8 Å². The zero-order valence-corrected chi connectivity index (χ0v) is 9.56. The van der Waals surface area contributed by atoms with Crippen LogP contribution in [0.25, 0.3) is 5.69 Å². The maximum absolute atomic E-state index is 13.9. The fourth-order valence-electron chi connectivity index (χ4n) is 1.44. The first kappa shape index (κ1) is 12.2. The molecule has 6 heteroatoms. The topological polar surface area (TPSA) is 44.1 Å². The minimum atomic E-state index is -0.833. The minimum absolute atomic E-state index is 0.153. The van der Waals surface area contributed by atoms with E-state index in [4.69, 9.17) is 0 Å². The zero-order chi connectivity index (χ0) is 13.1. The first-order chi connectivity index (χ1) is 8.63. The minimum Gasteiger partial charge on any atom is -0.462 e. The van der Waals surface area contributed by atoms with E-state index in [1.807, 2.05) is 0 Å². The van der Waals surface area contributed by atoms with Gasteiger partial charge in [-0.25, -0.2) is 13.9 Å². The normalized spacial score (nSPS) is 10.4. The lowest BCUT2D eigenvalue weighted by Gasteiger charge is -2.02. The van der Waals surface area contributed by atoms with Gasteiger partial charge < -0.3 is 4.74 Å². The molecule has 1 aromatic heterocycles. The molecular weight excluding hydrogens is 242 g/mol. The summed E-state index contributed by atoms with van der Waals surface area (Å²) < 4.78 is 32.2. The first-order valence-electron chi connectivity index (χ1n) is 5.30. The number of hydrogen-bond acceptors (Lipinski definition) is 3. The monoisotopic (exact) mass is 252 g/mol. The molecule has 0 N–H and O–H groups in total. The molecule has 0 aliphatic rings. The lowest BCUT2D eigenvalue weighted by atomic mass is 10.3. The summed E-state index contributed by atoms with van der Waals surface area (Å²) in [6, 6.07) is 5.08. The second kappa shape index (κ2) is 4.95. The van der Waals surface area contributed by atoms with Gasteiger partial charge in [-0.3, -0.25) is 0 Å². The van der Waals surface area contributed by atoms with Crippen LogP contribution in [0.4, 0.5) is 8.78 Å². The molecule has 2 aromatic rings. The van der Waals surface area contributed by atoms with Crippen molar-refractivity contribution in [1.82, 2.24) is 9.78 Å². The van der Waals surface area contributed by atoms with Gasteiger partial charge in [0.1, 0.15) is 11.4 Å². The standard InChI is InChI=1S/C12H10F2N2O2/c1-2-18-12(17)10-7-15-16(11(10)14)9-5-3-8(13)4-6-9/h3-7H,2H2,1H3. The van der Waals surface area contributed by atoms with E-state index in [0.717, 1.165) is 10.9 Å². The summed E-state index contributed by atoms with van der Waals surface area (Å²) >= 11 is 0. The van der Waals surface area contributed by atoms with Crippen molar-refractivity contribution in [2.75, 3.05) is 6.61 Å². The van der Waals surface area contributed by atoms with Crippen LogP contribution in [-0.4, -0.2) is 22.4 Å². The van der Waals surface area contributed by atoms with Gasteiger partial charge in [-0.1, -0.05) is 0 Å². The van der Waals surface area contributed by atoms with Gasteiger partial charge >= 0.3 is 5.97 Å². The van der Waals surface area contributed by atoms with Crippen molar-refractivity contribution in [3.63, 3.8) is 0 Å². The van der Waals surface area contributed by atoms with E-state index < -0.39 is 17.7 Å². The fraction of sp³-hybridized carbons (Fsp3) is 0.167. The number of aromatic nitrogens is 2. The van der Waals surface area contributed by atoms with E-state index in [1.54, 1.807) is 6.92 Å². The second-order valence-corrected chi connectivity index (χ2v) is 3.46. The molecule has 0 atom stereocenters. The second-order valence-electron chi connectivity index (χ2n) is 3.46. The Hall–Kier alpha value is -2.24. The number of ether oxygens (including phenoxy) is 1. The Balaban J connectivity index is 2.36. The van der Waals surface area contributed by atoms with Crippen LogP contribution >= 0.6 is 0 Å². The van der Waals surface area contributed by atoms with Gasteiger partial charge in [0.2, 0.25) is 5.95 Å². The summed E-state index contributed by atoms with van der Waals surface area (Å²) in [5.74, 6) is -2.04. The van der Waals surface area contributed by atoms with Gasteiger partial charge in [0.05, 0.1) is 18.5 Å². The van der Waals surface area contributed by atoms with E-state index in [9.17, 15) is 13.6 Å². The molecule has 0 aliphatic heterocycles. The molecule has 1 aromatic carbocycles. The number of carbonyl (C=O) groups excluding carboxylic acids is 1. The molecule has 4 nitrogen and oxygen atoms in total. The predicted octanol–water partition coefficient (Wildman–Crippen LogP) is 2.33. The average Bonchev–Trinajstić information content (AvgIpc) is 2.73. The van der Waals surface area contributed by atoms with Gasteiger partial charge in [-0.15, -0.1) is 0 Å². The molecule has 2 rings (SSSR count). The summed E-state index contributed by atoms with van der Waals surface area (Å²) in [4.78, 5) is 11.4. The molecule has 0 fully saturated rings. The van der Waals surface area contributed by atoms with Crippen molar-refractivity contribution in [2.45, 2.75) is 6.92 Å². The van der Waals surface area contributed by atoms with Crippen LogP contribution in [0.3, 0.4) is 0 Å². The molecule has 0 aliphatic carbocycles. The Morgan fingerprint density at radius 1 is 1.33 bits per heavy atom. The maximum Gasteiger partial charge on any atom is 0.344 e. The highest BCUT2D eigenvalue weighted by Crippen LogP contribution is 2.14. The summed E-state index contributed by atoms with van der Waals surface area (Å²) in [5.41, 5.74) is 0.0747. The molecule has 0 spiro atoms. The third kappa shape index (κ3) is 2.22. The SMILES string of the molecule is CCOC(=O)c1cnn(-c2ccc(F)cc2)c1F. The molecule has 0 bridgehead atoms. The van der Waals surface area contributed by atoms with Gasteiger partial charge in [0.15, 0.2) is 0 Å². The predicted molar refractivity (Wildman–Crippen MR) is 59.4 cm³/mol. The number of esters is 1. The van der Waals surface area contributed by atoms with Crippen LogP contribution in [0.15, 0.2) is 30.5 Å². The third-order valence-electron chi connectivity index (χ3n) is 2.28. The molecule has 18 heavy (non-hydrogen) atoms. The number of benzene rings is 1. The zero-order valence-electron chi connectivity index (χ0n) is 9.56. The van der Waals surface area contributed by atoms with Crippen LogP contribution < -0.4 is 0 Å². The lowest BCUT2D eigenvalue weighted by Crippen LogP contribution is -2.07. The Bertz CT molecular complexity index is 564. The van der Waals surface area contributed by atoms with Gasteiger partial charge in [-0.2, -0.15) is 9.49 Å². The smallest absolute Gasteiger partial charge is 0.344 e. The van der Waals surface area contributed by atoms with Crippen molar-refractivity contribution in [3.8, 4) is 5.69 Å². The number of halogens is 2. The summed E-state index contributed by atoms with van der Waals surface area (Å²) in [6.45, 7) is 1.78. The van der Waals surface area contributed by atoms with Crippen LogP contribution in [0, 0.1) is 11.8 Å². The third-order valence-corrected chi connectivity index (χ3v) is 2.28. The largest absolute Gasteiger partial charge is 0.462 e. The lowest BCUT2D eigenvalue weighted by molar-refractivity contribution is 0.0520. The highest BCUT2D eigenvalue weighted by Gasteiger charge is 2.19. The highest BCUT2D eigenvalue weighted by molar-refractivity contribution is 5.89. The number of carbonyl (C=O) groups is 1. The van der Waals surface area contributed by atoms with Crippen LogP contribution in [0.1, 0.15) is 17.3 Å². The molecule has 1 heterocycles. The Labute approximate surface area is 102 Å². The van der Waals surface area contributed by atoms with Crippen LogP contribution in [0.5, 0.6) is 0 Å². The molecule has 0 radical (unpaired) electrons. The van der Waals surface area contributed by atoms with Gasteiger partial charge in [-0.05, 0) is 31.2 Å². The van der Waals surface area contributed by atoms with E-state index in [0.29, 0.717) is 5.69 Å². The number of nitrogens with zero attached hydrogens (tertiary/aromatic N) is 2. The average molecular weight is 252 g/mol. The maximum atomic E-state index is 13.9. The van der Waals surface area contributed by atoms with Crippen molar-refractivity contribution in [1.29, 1.82) is 0 Å². The molecule has 94 valence electrons. The summed E-state index contributed by atoms with van der Waals surface area (Å²) in [5, 5.41) is 3.74. The van der Waals surface area contributed by atoms with E-state index in [1.165, 1.54) is 24.3 Å². The first-order valence-corrected chi connectivity index (χ1v) is 5.30. The Morgan fingerprint density at radius 2 is 2.00 bits per heavy atom. The van der Waals surface area contributed by atoms with E-state index >= 15 is 0 Å². The van der Waals surface area contributed by atoms with E-state index in [2.05, 4.69) is 9.84 Å². The number of rotatable bonds is 3. The van der Waals surface area contributed by atoms with Crippen molar-refractivity contribution < 1.29 is 18.3 Å². The molecular formula is C12H10F2N2O2. The summed E-state index contributed by atoms with van der Waals surface area (Å²) in [7, 11) is 0. The molecule has 0 amide bonds. The molecule has 0 unspecified atom stereocenters. The highest BCUT2D eigenvalue weighted by atomic mass is 19.1.